The van der Waals surface area contributed by atoms with Crippen molar-refractivity contribution in [1.82, 2.24) is 0 Å². The number of ether oxygens (including phenoxy) is 6. The Balaban J connectivity index is 1.89. The molecule has 0 aliphatic carbocycles. The SMILES string of the molecule is COCOc1ccc(-c2cc(-c3ccc(OCOC)cc3)c(S(=O)(=O)[O-])c(-c3ccc(OCOC)cc3)c2)cc1. The van der Waals surface area contributed by atoms with Gasteiger partial charge in [-0.1, -0.05) is 36.4 Å². The lowest BCUT2D eigenvalue weighted by molar-refractivity contribution is 0.0510. The van der Waals surface area contributed by atoms with E-state index < -0.39 is 10.1 Å². The molecule has 0 amide bonds. The van der Waals surface area contributed by atoms with Gasteiger partial charge >= 0.3 is 0 Å². The van der Waals surface area contributed by atoms with Gasteiger partial charge in [-0.3, -0.25) is 0 Å². The van der Waals surface area contributed by atoms with Gasteiger partial charge < -0.3 is 33.0 Å². The Morgan fingerprint density at radius 1 is 0.525 bits per heavy atom. The lowest BCUT2D eigenvalue weighted by Crippen LogP contribution is -2.05. The molecule has 0 spiro atoms. The number of rotatable bonds is 13. The second-order valence-electron chi connectivity index (χ2n) is 8.58. The lowest BCUT2D eigenvalue weighted by atomic mass is 9.93. The van der Waals surface area contributed by atoms with Crippen LogP contribution in [0.3, 0.4) is 0 Å². The second kappa shape index (κ2) is 13.4. The largest absolute Gasteiger partial charge is 0.744 e. The highest BCUT2D eigenvalue weighted by Crippen LogP contribution is 2.41. The van der Waals surface area contributed by atoms with Crippen LogP contribution in [0.25, 0.3) is 33.4 Å². The van der Waals surface area contributed by atoms with Crippen molar-refractivity contribution in [3.63, 3.8) is 0 Å². The standard InChI is InChI=1S/C30H30O9S/c1-34-18-37-25-10-4-21(5-11-25)24-16-28(22-6-12-26(13-7-22)38-19-35-2)30(40(31,32)33)29(17-24)23-8-14-27(15-9-23)39-20-36-3/h4-17H,18-20H2,1-3H3,(H,31,32,33)/p-1. The molecule has 0 saturated carbocycles. The summed E-state index contributed by atoms with van der Waals surface area (Å²) in [5, 5.41) is 0. The van der Waals surface area contributed by atoms with E-state index in [1.807, 2.05) is 12.1 Å². The van der Waals surface area contributed by atoms with E-state index in [1.165, 1.54) is 21.3 Å². The van der Waals surface area contributed by atoms with Crippen molar-refractivity contribution >= 4 is 10.1 Å². The van der Waals surface area contributed by atoms with Crippen LogP contribution in [0, 0.1) is 0 Å². The van der Waals surface area contributed by atoms with Gasteiger partial charge in [0, 0.05) is 32.5 Å². The van der Waals surface area contributed by atoms with Gasteiger partial charge in [-0.15, -0.1) is 0 Å². The third kappa shape index (κ3) is 7.17. The normalized spacial score (nSPS) is 11.3. The molecule has 0 fully saturated rings. The zero-order valence-electron chi connectivity index (χ0n) is 22.3. The van der Waals surface area contributed by atoms with Crippen LogP contribution in [-0.4, -0.2) is 54.7 Å². The van der Waals surface area contributed by atoms with Crippen LogP contribution < -0.4 is 14.2 Å². The molecule has 0 aliphatic heterocycles. The van der Waals surface area contributed by atoms with E-state index in [0.29, 0.717) is 33.9 Å². The Morgan fingerprint density at radius 2 is 0.850 bits per heavy atom. The average Bonchev–Trinajstić information content (AvgIpc) is 2.97. The molecule has 0 N–H and O–H groups in total. The fourth-order valence-corrected chi connectivity index (χ4v) is 4.97. The topological polar surface area (TPSA) is 113 Å². The van der Waals surface area contributed by atoms with Gasteiger partial charge in [-0.2, -0.15) is 0 Å². The Kier molecular flexibility index (Phi) is 9.75. The third-order valence-electron chi connectivity index (χ3n) is 5.89. The molecule has 0 heterocycles. The minimum atomic E-state index is -4.91. The molecule has 4 aromatic rings. The first-order valence-electron chi connectivity index (χ1n) is 12.1. The van der Waals surface area contributed by atoms with Crippen molar-refractivity contribution < 1.29 is 41.4 Å². The van der Waals surface area contributed by atoms with Crippen molar-refractivity contribution in [3.05, 3.63) is 84.9 Å². The average molecular weight is 566 g/mol. The van der Waals surface area contributed by atoms with Crippen molar-refractivity contribution in [1.29, 1.82) is 0 Å². The van der Waals surface area contributed by atoms with E-state index in [0.717, 1.165) is 5.56 Å². The molecule has 0 atom stereocenters. The minimum Gasteiger partial charge on any atom is -0.744 e. The lowest BCUT2D eigenvalue weighted by Gasteiger charge is -2.21. The van der Waals surface area contributed by atoms with Gasteiger partial charge in [0.25, 0.3) is 0 Å². The highest BCUT2D eigenvalue weighted by atomic mass is 32.2. The molecule has 0 bridgehead atoms. The predicted molar refractivity (Wildman–Crippen MR) is 148 cm³/mol. The van der Waals surface area contributed by atoms with E-state index in [2.05, 4.69) is 0 Å². The van der Waals surface area contributed by atoms with E-state index in [9.17, 15) is 13.0 Å². The van der Waals surface area contributed by atoms with Gasteiger partial charge in [0.15, 0.2) is 20.4 Å². The molecular formula is C30H29O9S-. The van der Waals surface area contributed by atoms with Crippen LogP contribution in [-0.2, 0) is 24.3 Å². The minimum absolute atomic E-state index is 0.0628. The summed E-state index contributed by atoms with van der Waals surface area (Å²) < 4.78 is 69.5. The summed E-state index contributed by atoms with van der Waals surface area (Å²) in [5.41, 5.74) is 3.09. The van der Waals surface area contributed by atoms with E-state index >= 15 is 0 Å². The predicted octanol–water partition coefficient (Wildman–Crippen LogP) is 5.54. The van der Waals surface area contributed by atoms with E-state index in [1.54, 1.807) is 72.8 Å². The molecule has 4 aromatic carbocycles. The summed E-state index contributed by atoms with van der Waals surface area (Å²) in [6, 6.07) is 24.2. The molecule has 4 rings (SSSR count). The number of methoxy groups -OCH3 is 3. The van der Waals surface area contributed by atoms with Gasteiger partial charge in [-0.25, -0.2) is 8.42 Å². The van der Waals surface area contributed by atoms with Crippen LogP contribution in [0.2, 0.25) is 0 Å². The van der Waals surface area contributed by atoms with Crippen molar-refractivity contribution in [2.45, 2.75) is 4.90 Å². The van der Waals surface area contributed by atoms with Gasteiger partial charge in [0.05, 0.1) is 4.90 Å². The van der Waals surface area contributed by atoms with Crippen LogP contribution >= 0.6 is 0 Å². The molecule has 0 aliphatic rings. The van der Waals surface area contributed by atoms with Crippen LogP contribution in [0.4, 0.5) is 0 Å². The first kappa shape index (κ1) is 29.1. The van der Waals surface area contributed by atoms with Crippen molar-refractivity contribution in [2.24, 2.45) is 0 Å². The quantitative estimate of drug-likeness (QED) is 0.152. The fourth-order valence-electron chi connectivity index (χ4n) is 4.08. The summed E-state index contributed by atoms with van der Waals surface area (Å²) in [7, 11) is -0.348. The zero-order chi connectivity index (χ0) is 28.5. The van der Waals surface area contributed by atoms with E-state index in [-0.39, 0.29) is 36.4 Å². The molecule has 40 heavy (non-hydrogen) atoms. The zero-order valence-corrected chi connectivity index (χ0v) is 23.1. The number of benzene rings is 4. The summed E-state index contributed by atoms with van der Waals surface area (Å²) in [6.07, 6.45) is 0. The summed E-state index contributed by atoms with van der Waals surface area (Å²) >= 11 is 0. The Hall–Kier alpha value is -3.93. The smallest absolute Gasteiger partial charge is 0.188 e. The van der Waals surface area contributed by atoms with Gasteiger partial charge in [0.1, 0.15) is 27.4 Å². The fraction of sp³-hybridized carbons (Fsp3) is 0.200. The van der Waals surface area contributed by atoms with Crippen LogP contribution in [0.5, 0.6) is 17.2 Å². The summed E-state index contributed by atoms with van der Waals surface area (Å²) in [6.45, 7) is 0.235. The highest BCUT2D eigenvalue weighted by molar-refractivity contribution is 7.86. The third-order valence-corrected chi connectivity index (χ3v) is 6.83. The molecule has 10 heteroatoms. The Labute approximate surface area is 233 Å². The second-order valence-corrected chi connectivity index (χ2v) is 9.90. The number of hydrogen-bond acceptors (Lipinski definition) is 9. The molecule has 210 valence electrons. The monoisotopic (exact) mass is 565 g/mol. The summed E-state index contributed by atoms with van der Waals surface area (Å²) in [4.78, 5) is -0.326. The van der Waals surface area contributed by atoms with Crippen molar-refractivity contribution in [2.75, 3.05) is 41.7 Å². The maximum Gasteiger partial charge on any atom is 0.188 e. The van der Waals surface area contributed by atoms with Crippen LogP contribution in [0.1, 0.15) is 0 Å². The maximum absolute atomic E-state index is 12.8. The Bertz CT molecular complexity index is 1430. The molecule has 0 saturated heterocycles. The molecule has 0 radical (unpaired) electrons. The van der Waals surface area contributed by atoms with Gasteiger partial charge in [-0.05, 0) is 70.8 Å². The molecule has 9 nitrogen and oxygen atoms in total. The molecule has 0 aromatic heterocycles. The summed E-state index contributed by atoms with van der Waals surface area (Å²) in [5.74, 6) is 1.68. The maximum atomic E-state index is 12.8. The van der Waals surface area contributed by atoms with E-state index in [4.69, 9.17) is 28.4 Å². The Morgan fingerprint density at radius 3 is 1.15 bits per heavy atom. The first-order valence-corrected chi connectivity index (χ1v) is 13.6. The number of hydrogen-bond donors (Lipinski definition) is 0. The first-order chi connectivity index (χ1) is 19.3. The highest BCUT2D eigenvalue weighted by Gasteiger charge is 2.20. The van der Waals surface area contributed by atoms with Crippen LogP contribution in [0.15, 0.2) is 89.8 Å². The molecular weight excluding hydrogens is 536 g/mol. The molecule has 0 unspecified atom stereocenters. The van der Waals surface area contributed by atoms with Crippen molar-refractivity contribution in [3.8, 4) is 50.6 Å². The van der Waals surface area contributed by atoms with Gasteiger partial charge in [0.2, 0.25) is 0 Å².